The van der Waals surface area contributed by atoms with Crippen molar-refractivity contribution in [2.45, 2.75) is 12.1 Å². The van der Waals surface area contributed by atoms with Gasteiger partial charge in [0, 0.05) is 22.8 Å². The molecule has 3 aromatic carbocycles. The normalized spacial score (nSPS) is 12.7. The van der Waals surface area contributed by atoms with E-state index in [1.807, 2.05) is 84.1 Å². The third kappa shape index (κ3) is 3.95. The molecule has 35 heavy (non-hydrogen) atoms. The first-order chi connectivity index (χ1) is 17.2. The van der Waals surface area contributed by atoms with E-state index < -0.39 is 0 Å². The zero-order valence-corrected chi connectivity index (χ0v) is 19.9. The topological polar surface area (TPSA) is 69.0 Å². The van der Waals surface area contributed by atoms with Gasteiger partial charge in [-0.15, -0.1) is 10.2 Å². The smallest absolute Gasteiger partial charge is 0.242 e. The second-order valence-corrected chi connectivity index (χ2v) is 9.16. The molecule has 0 fully saturated rings. The van der Waals surface area contributed by atoms with Crippen molar-refractivity contribution in [3.63, 3.8) is 0 Å². The molecule has 7 nitrogen and oxygen atoms in total. The lowest BCUT2D eigenvalue weighted by Gasteiger charge is -2.23. The summed E-state index contributed by atoms with van der Waals surface area (Å²) in [7, 11) is 0. The summed E-state index contributed by atoms with van der Waals surface area (Å²) < 4.78 is 13.6. The van der Waals surface area contributed by atoms with Gasteiger partial charge in [0.15, 0.2) is 22.3 Å². The molecule has 0 saturated heterocycles. The van der Waals surface area contributed by atoms with Gasteiger partial charge in [0.25, 0.3) is 0 Å². The number of nitrogens with zero attached hydrogens (tertiary/aromatic N) is 4. The van der Waals surface area contributed by atoms with E-state index in [9.17, 15) is 4.79 Å². The molecular formula is C27H22N4O3S. The van der Waals surface area contributed by atoms with Crippen LogP contribution >= 0.6 is 11.8 Å². The number of hydrogen-bond donors (Lipinski definition) is 0. The molecule has 0 unspecified atom stereocenters. The molecule has 0 atom stereocenters. The number of rotatable bonds is 5. The minimum absolute atomic E-state index is 0.0461. The summed E-state index contributed by atoms with van der Waals surface area (Å²) in [5.41, 5.74) is 4.31. The highest BCUT2D eigenvalue weighted by atomic mass is 32.2. The molecule has 0 spiro atoms. The standard InChI is InChI=1S/C27H22N4O3S/c1-18-14-19-15-23-24(34-13-12-33-23)16-22(19)31-26(18)28-29-27(31)35-17-25(32)30(20-8-4-2-5-9-20)21-10-6-3-7-11-21/h2-11,14-16H,12-13,17H2,1H3. The van der Waals surface area contributed by atoms with Crippen molar-refractivity contribution in [2.24, 2.45) is 0 Å². The summed E-state index contributed by atoms with van der Waals surface area (Å²) in [6.45, 7) is 3.06. The largest absolute Gasteiger partial charge is 0.486 e. The summed E-state index contributed by atoms with van der Waals surface area (Å²) in [6.07, 6.45) is 0. The highest BCUT2D eigenvalue weighted by molar-refractivity contribution is 7.99. The number of fused-ring (bicyclic) bond motifs is 4. The van der Waals surface area contributed by atoms with E-state index in [1.165, 1.54) is 11.8 Å². The minimum atomic E-state index is -0.0461. The Labute approximate surface area is 206 Å². The predicted molar refractivity (Wildman–Crippen MR) is 137 cm³/mol. The Morgan fingerprint density at radius 1 is 0.914 bits per heavy atom. The van der Waals surface area contributed by atoms with Gasteiger partial charge in [-0.1, -0.05) is 48.2 Å². The van der Waals surface area contributed by atoms with Crippen molar-refractivity contribution >= 4 is 45.6 Å². The lowest BCUT2D eigenvalue weighted by Crippen LogP contribution is -2.27. The number of pyridine rings is 1. The van der Waals surface area contributed by atoms with Crippen molar-refractivity contribution in [1.29, 1.82) is 0 Å². The van der Waals surface area contributed by atoms with Crippen molar-refractivity contribution in [3.8, 4) is 11.5 Å². The quantitative estimate of drug-likeness (QED) is 0.312. The van der Waals surface area contributed by atoms with Crippen LogP contribution in [-0.2, 0) is 4.79 Å². The first kappa shape index (κ1) is 21.5. The monoisotopic (exact) mass is 482 g/mol. The van der Waals surface area contributed by atoms with Crippen LogP contribution in [0.4, 0.5) is 11.4 Å². The van der Waals surface area contributed by atoms with E-state index in [1.54, 1.807) is 4.90 Å². The molecule has 174 valence electrons. The molecule has 0 saturated carbocycles. The first-order valence-corrected chi connectivity index (χ1v) is 12.3. The summed E-state index contributed by atoms with van der Waals surface area (Å²) in [4.78, 5) is 15.2. The number of hydrogen-bond acceptors (Lipinski definition) is 6. The van der Waals surface area contributed by atoms with Crippen LogP contribution < -0.4 is 14.4 Å². The molecule has 1 aliphatic rings. The maximum absolute atomic E-state index is 13.5. The number of thioether (sulfide) groups is 1. The van der Waals surface area contributed by atoms with E-state index in [2.05, 4.69) is 16.3 Å². The Kier molecular flexibility index (Phi) is 5.50. The lowest BCUT2D eigenvalue weighted by atomic mass is 10.1. The van der Waals surface area contributed by atoms with E-state index in [4.69, 9.17) is 9.47 Å². The fraction of sp³-hybridized carbons (Fsp3) is 0.148. The van der Waals surface area contributed by atoms with Crippen molar-refractivity contribution < 1.29 is 14.3 Å². The van der Waals surface area contributed by atoms with Gasteiger partial charge < -0.3 is 9.47 Å². The molecule has 1 aliphatic heterocycles. The van der Waals surface area contributed by atoms with Crippen LogP contribution in [0.25, 0.3) is 16.6 Å². The third-order valence-corrected chi connectivity index (χ3v) is 6.81. The molecule has 3 heterocycles. The zero-order chi connectivity index (χ0) is 23.8. The summed E-state index contributed by atoms with van der Waals surface area (Å²) in [5.74, 6) is 1.59. The molecule has 6 rings (SSSR count). The van der Waals surface area contributed by atoms with Crippen LogP contribution in [0, 0.1) is 6.92 Å². The van der Waals surface area contributed by atoms with Crippen LogP contribution in [0.3, 0.4) is 0 Å². The lowest BCUT2D eigenvalue weighted by molar-refractivity contribution is -0.115. The second-order valence-electron chi connectivity index (χ2n) is 8.21. The Morgan fingerprint density at radius 3 is 2.20 bits per heavy atom. The van der Waals surface area contributed by atoms with Crippen LogP contribution in [0.5, 0.6) is 11.5 Å². The zero-order valence-electron chi connectivity index (χ0n) is 19.0. The fourth-order valence-electron chi connectivity index (χ4n) is 4.32. The van der Waals surface area contributed by atoms with Gasteiger partial charge in [0.2, 0.25) is 5.91 Å². The van der Waals surface area contributed by atoms with Gasteiger partial charge in [-0.05, 0) is 48.9 Å². The molecular weight excluding hydrogens is 460 g/mol. The highest BCUT2D eigenvalue weighted by Gasteiger charge is 2.21. The molecule has 0 bridgehead atoms. The number of aromatic nitrogens is 3. The Hall–Kier alpha value is -4.04. The SMILES string of the molecule is Cc1cc2cc3c(cc2n2c(SCC(=O)N(c4ccccc4)c4ccccc4)nnc12)OCCO3. The molecule has 0 radical (unpaired) electrons. The number of anilines is 2. The average Bonchev–Trinajstić information content (AvgIpc) is 3.33. The Bertz CT molecular complexity index is 1500. The third-order valence-electron chi connectivity index (χ3n) is 5.89. The summed E-state index contributed by atoms with van der Waals surface area (Å²) in [6, 6.07) is 25.4. The van der Waals surface area contributed by atoms with E-state index in [0.29, 0.717) is 24.1 Å². The van der Waals surface area contributed by atoms with E-state index in [0.717, 1.165) is 39.2 Å². The van der Waals surface area contributed by atoms with E-state index >= 15 is 0 Å². The number of amides is 1. The van der Waals surface area contributed by atoms with E-state index in [-0.39, 0.29) is 11.7 Å². The fourth-order valence-corrected chi connectivity index (χ4v) is 5.11. The van der Waals surface area contributed by atoms with Crippen LogP contribution in [0.1, 0.15) is 5.56 Å². The van der Waals surface area contributed by atoms with Gasteiger partial charge in [-0.25, -0.2) is 0 Å². The number of benzene rings is 3. The highest BCUT2D eigenvalue weighted by Crippen LogP contribution is 2.37. The van der Waals surface area contributed by atoms with Gasteiger partial charge in [0.1, 0.15) is 13.2 Å². The number of para-hydroxylation sites is 2. The summed E-state index contributed by atoms with van der Waals surface area (Å²) >= 11 is 1.37. The maximum atomic E-state index is 13.5. The van der Waals surface area contributed by atoms with Crippen molar-refractivity contribution in [1.82, 2.24) is 14.6 Å². The molecule has 5 aromatic rings. The Morgan fingerprint density at radius 2 is 1.54 bits per heavy atom. The maximum Gasteiger partial charge on any atom is 0.242 e. The number of carbonyl (C=O) groups is 1. The number of ether oxygens (including phenoxy) is 2. The molecule has 8 heteroatoms. The Balaban J connectivity index is 1.36. The molecule has 1 amide bonds. The predicted octanol–water partition coefficient (Wildman–Crippen LogP) is 5.42. The first-order valence-electron chi connectivity index (χ1n) is 11.3. The number of aryl methyl sites for hydroxylation is 1. The second kappa shape index (κ2) is 8.96. The van der Waals surface area contributed by atoms with Gasteiger partial charge in [-0.2, -0.15) is 0 Å². The van der Waals surface area contributed by atoms with Gasteiger partial charge in [-0.3, -0.25) is 14.1 Å². The van der Waals surface area contributed by atoms with Gasteiger partial charge >= 0.3 is 0 Å². The summed E-state index contributed by atoms with van der Waals surface area (Å²) in [5, 5.41) is 10.5. The molecule has 0 aliphatic carbocycles. The average molecular weight is 483 g/mol. The van der Waals surface area contributed by atoms with Crippen LogP contribution in [0.15, 0.2) is 84.0 Å². The van der Waals surface area contributed by atoms with Crippen LogP contribution in [-0.4, -0.2) is 39.5 Å². The molecule has 2 aromatic heterocycles. The van der Waals surface area contributed by atoms with Crippen LogP contribution in [0.2, 0.25) is 0 Å². The minimum Gasteiger partial charge on any atom is -0.486 e. The van der Waals surface area contributed by atoms with Crippen molar-refractivity contribution in [2.75, 3.05) is 23.9 Å². The molecule has 0 N–H and O–H groups in total. The number of carbonyl (C=O) groups excluding carboxylic acids is 1. The van der Waals surface area contributed by atoms with Crippen molar-refractivity contribution in [3.05, 3.63) is 84.4 Å². The van der Waals surface area contributed by atoms with Gasteiger partial charge in [0.05, 0.1) is 11.3 Å².